The average Bonchev–Trinajstić information content (AvgIpc) is 2.55. The van der Waals surface area contributed by atoms with Crippen LogP contribution in [0.3, 0.4) is 0 Å². The molecule has 0 radical (unpaired) electrons. The maximum Gasteiger partial charge on any atom is 0.224 e. The molecule has 1 heterocycles. The number of benzene rings is 1. The number of hydrogen-bond donors (Lipinski definition) is 1. The van der Waals surface area contributed by atoms with E-state index in [9.17, 15) is 9.59 Å². The highest BCUT2D eigenvalue weighted by Gasteiger charge is 2.23. The third kappa shape index (κ3) is 5.87. The molecule has 1 saturated heterocycles. The minimum Gasteiger partial charge on any atom is -0.353 e. The summed E-state index contributed by atoms with van der Waals surface area (Å²) in [7, 11) is 0. The summed E-state index contributed by atoms with van der Waals surface area (Å²) in [5.74, 6) is 0.279. The van der Waals surface area contributed by atoms with Crippen LogP contribution in [0.25, 0.3) is 0 Å². The number of nitrogens with zero attached hydrogens (tertiary/aromatic N) is 1. The van der Waals surface area contributed by atoms with E-state index in [2.05, 4.69) is 12.2 Å². The van der Waals surface area contributed by atoms with Crippen molar-refractivity contribution < 1.29 is 9.59 Å². The predicted molar refractivity (Wildman–Crippen MR) is 92.4 cm³/mol. The van der Waals surface area contributed by atoms with Crippen LogP contribution in [-0.2, 0) is 16.0 Å². The molecule has 1 aromatic rings. The first-order valence-electron chi connectivity index (χ1n) is 8.40. The Morgan fingerprint density at radius 3 is 2.48 bits per heavy atom. The number of amides is 2. The van der Waals surface area contributed by atoms with Crippen molar-refractivity contribution >= 4 is 23.4 Å². The number of halogens is 1. The normalized spacial score (nSPS) is 15.5. The number of carbonyl (C=O) groups is 2. The average molecular weight is 337 g/mol. The summed E-state index contributed by atoms with van der Waals surface area (Å²) in [6, 6.07) is 7.51. The van der Waals surface area contributed by atoms with Crippen LogP contribution >= 0.6 is 11.6 Å². The smallest absolute Gasteiger partial charge is 0.224 e. The second kappa shape index (κ2) is 8.92. The topological polar surface area (TPSA) is 49.4 Å². The van der Waals surface area contributed by atoms with Gasteiger partial charge in [-0.05, 0) is 37.0 Å². The second-order valence-electron chi connectivity index (χ2n) is 6.13. The molecule has 2 amide bonds. The van der Waals surface area contributed by atoms with Crippen molar-refractivity contribution in [3.63, 3.8) is 0 Å². The lowest BCUT2D eigenvalue weighted by molar-refractivity contribution is -0.132. The Labute approximate surface area is 143 Å². The molecule has 1 N–H and O–H groups in total. The Morgan fingerprint density at radius 2 is 1.87 bits per heavy atom. The highest BCUT2D eigenvalue weighted by Crippen LogP contribution is 2.14. The fraction of sp³-hybridized carbons (Fsp3) is 0.556. The molecule has 126 valence electrons. The predicted octanol–water partition coefficient (Wildman–Crippen LogP) is 3.18. The minimum atomic E-state index is 0.0306. The van der Waals surface area contributed by atoms with Crippen molar-refractivity contribution in [2.45, 2.75) is 51.5 Å². The van der Waals surface area contributed by atoms with Gasteiger partial charge in [-0.3, -0.25) is 9.59 Å². The molecule has 5 heteroatoms. The van der Waals surface area contributed by atoms with Gasteiger partial charge in [0.1, 0.15) is 0 Å². The minimum absolute atomic E-state index is 0.0306. The number of likely N-dealkylation sites (tertiary alicyclic amines) is 1. The van der Waals surface area contributed by atoms with Gasteiger partial charge in [-0.15, -0.1) is 0 Å². The summed E-state index contributed by atoms with van der Waals surface area (Å²) in [6.07, 6.45) is 4.69. The molecular weight excluding hydrogens is 312 g/mol. The van der Waals surface area contributed by atoms with E-state index in [1.807, 2.05) is 17.0 Å². The molecule has 0 atom stereocenters. The molecule has 1 aromatic carbocycles. The standard InChI is InChI=1S/C18H25ClN2O2/c1-2-3-4-18(23)21-11-9-16(10-12-21)20-17(22)13-14-5-7-15(19)8-6-14/h5-8,16H,2-4,9-13H2,1H3,(H,20,22). The summed E-state index contributed by atoms with van der Waals surface area (Å²) in [5, 5.41) is 3.75. The molecule has 0 bridgehead atoms. The van der Waals surface area contributed by atoms with Crippen LogP contribution in [0.1, 0.15) is 44.6 Å². The van der Waals surface area contributed by atoms with Crippen LogP contribution in [0.15, 0.2) is 24.3 Å². The summed E-state index contributed by atoms with van der Waals surface area (Å²) < 4.78 is 0. The van der Waals surface area contributed by atoms with Crippen LogP contribution < -0.4 is 5.32 Å². The molecule has 1 aliphatic rings. The van der Waals surface area contributed by atoms with Gasteiger partial charge < -0.3 is 10.2 Å². The summed E-state index contributed by atoms with van der Waals surface area (Å²) in [4.78, 5) is 26.0. The molecule has 0 spiro atoms. The van der Waals surface area contributed by atoms with Crippen LogP contribution in [0.4, 0.5) is 0 Å². The molecular formula is C18H25ClN2O2. The SMILES string of the molecule is CCCCC(=O)N1CCC(NC(=O)Cc2ccc(Cl)cc2)CC1. The van der Waals surface area contributed by atoms with Crippen molar-refractivity contribution in [2.75, 3.05) is 13.1 Å². The third-order valence-corrected chi connectivity index (χ3v) is 4.49. The van der Waals surface area contributed by atoms with Crippen molar-refractivity contribution in [3.05, 3.63) is 34.9 Å². The van der Waals surface area contributed by atoms with Gasteiger partial charge in [0.25, 0.3) is 0 Å². The summed E-state index contributed by atoms with van der Waals surface area (Å²) >= 11 is 5.84. The number of unbranched alkanes of at least 4 members (excludes halogenated alkanes) is 1. The molecule has 4 nitrogen and oxygen atoms in total. The first kappa shape index (κ1) is 17.8. The van der Waals surface area contributed by atoms with Crippen LogP contribution in [0.2, 0.25) is 5.02 Å². The van der Waals surface area contributed by atoms with Crippen molar-refractivity contribution in [3.8, 4) is 0 Å². The van der Waals surface area contributed by atoms with Crippen LogP contribution in [-0.4, -0.2) is 35.8 Å². The van der Waals surface area contributed by atoms with Gasteiger partial charge in [-0.1, -0.05) is 37.1 Å². The number of rotatable bonds is 6. The molecule has 0 aliphatic carbocycles. The number of hydrogen-bond acceptors (Lipinski definition) is 2. The van der Waals surface area contributed by atoms with Gasteiger partial charge >= 0.3 is 0 Å². The summed E-state index contributed by atoms with van der Waals surface area (Å²) in [6.45, 7) is 3.58. The highest BCUT2D eigenvalue weighted by atomic mass is 35.5. The van der Waals surface area contributed by atoms with E-state index in [1.165, 1.54) is 0 Å². The second-order valence-corrected chi connectivity index (χ2v) is 6.57. The van der Waals surface area contributed by atoms with E-state index in [0.29, 0.717) is 17.9 Å². The fourth-order valence-corrected chi connectivity index (χ4v) is 2.95. The lowest BCUT2D eigenvalue weighted by Gasteiger charge is -2.32. The molecule has 0 aromatic heterocycles. The number of nitrogens with one attached hydrogen (secondary N) is 1. The van der Waals surface area contributed by atoms with Gasteiger partial charge in [-0.2, -0.15) is 0 Å². The van der Waals surface area contributed by atoms with E-state index >= 15 is 0 Å². The lowest BCUT2D eigenvalue weighted by atomic mass is 10.0. The van der Waals surface area contributed by atoms with Gasteiger partial charge in [0.15, 0.2) is 0 Å². The Balaban J connectivity index is 1.72. The Morgan fingerprint density at radius 1 is 1.22 bits per heavy atom. The molecule has 23 heavy (non-hydrogen) atoms. The van der Waals surface area contributed by atoms with Crippen LogP contribution in [0, 0.1) is 0 Å². The van der Waals surface area contributed by atoms with E-state index in [-0.39, 0.29) is 17.9 Å². The van der Waals surface area contributed by atoms with Gasteiger partial charge in [0.05, 0.1) is 6.42 Å². The quantitative estimate of drug-likeness (QED) is 0.867. The van der Waals surface area contributed by atoms with E-state index < -0.39 is 0 Å². The summed E-state index contributed by atoms with van der Waals surface area (Å²) in [5.41, 5.74) is 0.957. The van der Waals surface area contributed by atoms with E-state index in [0.717, 1.165) is 44.3 Å². The zero-order valence-electron chi connectivity index (χ0n) is 13.7. The molecule has 1 fully saturated rings. The Hall–Kier alpha value is -1.55. The Bertz CT molecular complexity index is 522. The highest BCUT2D eigenvalue weighted by molar-refractivity contribution is 6.30. The van der Waals surface area contributed by atoms with Crippen molar-refractivity contribution in [2.24, 2.45) is 0 Å². The van der Waals surface area contributed by atoms with E-state index in [4.69, 9.17) is 11.6 Å². The fourth-order valence-electron chi connectivity index (χ4n) is 2.83. The maximum atomic E-state index is 12.1. The first-order chi connectivity index (χ1) is 11.1. The monoisotopic (exact) mass is 336 g/mol. The molecule has 0 unspecified atom stereocenters. The van der Waals surface area contributed by atoms with Crippen LogP contribution in [0.5, 0.6) is 0 Å². The Kier molecular flexibility index (Phi) is 6.90. The van der Waals surface area contributed by atoms with Gasteiger partial charge in [-0.25, -0.2) is 0 Å². The zero-order chi connectivity index (χ0) is 16.7. The van der Waals surface area contributed by atoms with Crippen molar-refractivity contribution in [1.82, 2.24) is 10.2 Å². The largest absolute Gasteiger partial charge is 0.353 e. The van der Waals surface area contributed by atoms with E-state index in [1.54, 1.807) is 12.1 Å². The first-order valence-corrected chi connectivity index (χ1v) is 8.78. The number of carbonyl (C=O) groups excluding carboxylic acids is 2. The lowest BCUT2D eigenvalue weighted by Crippen LogP contribution is -2.46. The molecule has 0 saturated carbocycles. The zero-order valence-corrected chi connectivity index (χ0v) is 14.4. The van der Waals surface area contributed by atoms with Gasteiger partial charge in [0, 0.05) is 30.6 Å². The van der Waals surface area contributed by atoms with Crippen molar-refractivity contribution in [1.29, 1.82) is 0 Å². The molecule has 1 aliphatic heterocycles. The molecule has 2 rings (SSSR count). The number of piperidine rings is 1. The third-order valence-electron chi connectivity index (χ3n) is 4.23. The van der Waals surface area contributed by atoms with Gasteiger partial charge in [0.2, 0.25) is 11.8 Å². The maximum absolute atomic E-state index is 12.1.